The maximum Gasteiger partial charge on any atom is 0.271 e. The molecule has 5 nitrogen and oxygen atoms in total. The number of hydrogen-bond acceptors (Lipinski definition) is 3. The van der Waals surface area contributed by atoms with Crippen LogP contribution in [0.1, 0.15) is 52.6 Å². The molecule has 1 atom stereocenters. The molecule has 1 fully saturated rings. The molecule has 1 amide bonds. The number of nitrogens with zero attached hydrogens (tertiary/aromatic N) is 3. The van der Waals surface area contributed by atoms with E-state index in [1.807, 2.05) is 6.20 Å². The van der Waals surface area contributed by atoms with Crippen molar-refractivity contribution in [2.45, 2.75) is 50.7 Å². The number of piperidine rings is 1. The molecule has 1 saturated heterocycles. The number of likely N-dealkylation sites (tertiary alicyclic amines) is 1. The molecule has 1 aromatic heterocycles. The van der Waals surface area contributed by atoms with Crippen molar-refractivity contribution < 1.29 is 4.79 Å². The van der Waals surface area contributed by atoms with Gasteiger partial charge in [-0.05, 0) is 30.4 Å². The molecule has 0 spiro atoms. The second kappa shape index (κ2) is 9.06. The third kappa shape index (κ3) is 4.72. The van der Waals surface area contributed by atoms with Gasteiger partial charge in [-0.25, -0.2) is 4.98 Å². The highest BCUT2D eigenvalue weighted by Crippen LogP contribution is 2.28. The van der Waals surface area contributed by atoms with Gasteiger partial charge >= 0.3 is 0 Å². The van der Waals surface area contributed by atoms with Gasteiger partial charge in [-0.2, -0.15) is 0 Å². The Balaban J connectivity index is 1.15. The third-order valence-electron chi connectivity index (χ3n) is 6.67. The average Bonchev–Trinajstić information content (AvgIpc) is 3.25. The Morgan fingerprint density at radius 3 is 2.42 bits per heavy atom. The second-order valence-corrected chi connectivity index (χ2v) is 8.85. The summed E-state index contributed by atoms with van der Waals surface area (Å²) in [6.45, 7) is 3.91. The predicted octanol–water partition coefficient (Wildman–Crippen LogP) is 4.01. The largest absolute Gasteiger partial charge is 0.348 e. The van der Waals surface area contributed by atoms with E-state index >= 15 is 0 Å². The van der Waals surface area contributed by atoms with Crippen molar-refractivity contribution in [1.29, 1.82) is 0 Å². The summed E-state index contributed by atoms with van der Waals surface area (Å²) in [4.78, 5) is 20.0. The average molecular weight is 415 g/mol. The highest BCUT2D eigenvalue weighted by Gasteiger charge is 2.25. The number of fused-ring (bicyclic) bond motifs is 1. The molecule has 0 saturated carbocycles. The fourth-order valence-electron chi connectivity index (χ4n) is 4.89. The number of benzene rings is 2. The van der Waals surface area contributed by atoms with Gasteiger partial charge in [0.25, 0.3) is 5.91 Å². The van der Waals surface area contributed by atoms with Crippen LogP contribution in [0.25, 0.3) is 0 Å². The number of nitrogens with one attached hydrogen (secondary N) is 1. The first-order chi connectivity index (χ1) is 15.2. The molecule has 160 valence electrons. The molecule has 31 heavy (non-hydrogen) atoms. The first kappa shape index (κ1) is 20.0. The molecule has 0 radical (unpaired) electrons. The molecule has 3 heterocycles. The van der Waals surface area contributed by atoms with Crippen LogP contribution in [0.15, 0.2) is 66.9 Å². The molecule has 2 aromatic carbocycles. The number of carbonyl (C=O) groups is 1. The highest BCUT2D eigenvalue weighted by atomic mass is 16.2. The van der Waals surface area contributed by atoms with E-state index in [4.69, 9.17) is 0 Å². The lowest BCUT2D eigenvalue weighted by Gasteiger charge is -2.32. The van der Waals surface area contributed by atoms with Crippen LogP contribution in [0.4, 0.5) is 0 Å². The van der Waals surface area contributed by atoms with Gasteiger partial charge in [0.05, 0.1) is 0 Å². The maximum absolute atomic E-state index is 12.9. The summed E-state index contributed by atoms with van der Waals surface area (Å²) >= 11 is 0. The predicted molar refractivity (Wildman–Crippen MR) is 122 cm³/mol. The number of amides is 1. The minimum absolute atomic E-state index is 0.0281. The van der Waals surface area contributed by atoms with E-state index in [-0.39, 0.29) is 11.9 Å². The zero-order chi connectivity index (χ0) is 21.0. The Bertz CT molecular complexity index is 1010. The van der Waals surface area contributed by atoms with E-state index in [0.717, 1.165) is 57.7 Å². The van der Waals surface area contributed by atoms with E-state index in [1.165, 1.54) is 11.1 Å². The van der Waals surface area contributed by atoms with Gasteiger partial charge < -0.3 is 9.88 Å². The van der Waals surface area contributed by atoms with Crippen molar-refractivity contribution in [3.8, 4) is 0 Å². The molecule has 1 N–H and O–H groups in total. The number of hydrogen-bond donors (Lipinski definition) is 1. The summed E-state index contributed by atoms with van der Waals surface area (Å²) < 4.78 is 2.18. The van der Waals surface area contributed by atoms with E-state index < -0.39 is 0 Å². The number of imidazole rings is 1. The first-order valence-electron chi connectivity index (χ1n) is 11.4. The monoisotopic (exact) mass is 414 g/mol. The summed E-state index contributed by atoms with van der Waals surface area (Å²) in [5.41, 5.74) is 3.29. The van der Waals surface area contributed by atoms with Crippen molar-refractivity contribution in [2.75, 3.05) is 13.1 Å². The summed E-state index contributed by atoms with van der Waals surface area (Å²) in [7, 11) is 0. The molecule has 2 aliphatic rings. The molecular weight excluding hydrogens is 384 g/mol. The Labute approximate surface area is 184 Å². The SMILES string of the molecule is O=C(NC1CCN(Cc2ccccc2)CC1)c1cn2c(n1)CC[C@@H](c1ccccc1)C2. The molecular formula is C26H30N4O. The summed E-state index contributed by atoms with van der Waals surface area (Å²) in [5.74, 6) is 1.50. The van der Waals surface area contributed by atoms with Crippen molar-refractivity contribution >= 4 is 5.91 Å². The van der Waals surface area contributed by atoms with Crippen LogP contribution in [-0.2, 0) is 19.5 Å². The van der Waals surface area contributed by atoms with Gasteiger partial charge in [0.15, 0.2) is 0 Å². The first-order valence-corrected chi connectivity index (χ1v) is 11.4. The van der Waals surface area contributed by atoms with E-state index in [1.54, 1.807) is 0 Å². The number of aromatic nitrogens is 2. The van der Waals surface area contributed by atoms with E-state index in [0.29, 0.717) is 11.6 Å². The molecule has 5 rings (SSSR count). The quantitative estimate of drug-likeness (QED) is 0.686. The number of rotatable bonds is 5. The lowest BCUT2D eigenvalue weighted by molar-refractivity contribution is 0.0904. The Morgan fingerprint density at radius 1 is 0.968 bits per heavy atom. The molecule has 0 unspecified atom stereocenters. The minimum Gasteiger partial charge on any atom is -0.348 e. The van der Waals surface area contributed by atoms with Gasteiger partial charge in [0.1, 0.15) is 11.5 Å². The van der Waals surface area contributed by atoms with Crippen LogP contribution in [0.3, 0.4) is 0 Å². The minimum atomic E-state index is -0.0281. The van der Waals surface area contributed by atoms with Crippen molar-refractivity contribution in [3.63, 3.8) is 0 Å². The van der Waals surface area contributed by atoms with Gasteiger partial charge in [-0.3, -0.25) is 9.69 Å². The zero-order valence-electron chi connectivity index (χ0n) is 17.9. The molecule has 5 heteroatoms. The van der Waals surface area contributed by atoms with Crippen LogP contribution < -0.4 is 5.32 Å². The van der Waals surface area contributed by atoms with E-state index in [9.17, 15) is 4.79 Å². The Kier molecular flexibility index (Phi) is 5.85. The Morgan fingerprint density at radius 2 is 1.68 bits per heavy atom. The number of aryl methyl sites for hydroxylation is 1. The molecule has 0 bridgehead atoms. The van der Waals surface area contributed by atoms with Crippen LogP contribution >= 0.6 is 0 Å². The fraction of sp³-hybridized carbons (Fsp3) is 0.385. The fourth-order valence-corrected chi connectivity index (χ4v) is 4.89. The van der Waals surface area contributed by atoms with Crippen LogP contribution in [0.5, 0.6) is 0 Å². The molecule has 0 aliphatic carbocycles. The van der Waals surface area contributed by atoms with Crippen molar-refractivity contribution in [3.05, 3.63) is 89.5 Å². The van der Waals surface area contributed by atoms with Gasteiger partial charge in [0, 0.05) is 50.8 Å². The maximum atomic E-state index is 12.9. The lowest BCUT2D eigenvalue weighted by Crippen LogP contribution is -2.44. The molecule has 2 aliphatic heterocycles. The smallest absolute Gasteiger partial charge is 0.271 e. The second-order valence-electron chi connectivity index (χ2n) is 8.85. The Hall–Kier alpha value is -2.92. The summed E-state index contributed by atoms with van der Waals surface area (Å²) in [6, 6.07) is 21.5. The van der Waals surface area contributed by atoms with Gasteiger partial charge in [-0.15, -0.1) is 0 Å². The number of carbonyl (C=O) groups excluding carboxylic acids is 1. The van der Waals surface area contributed by atoms with Crippen LogP contribution in [-0.4, -0.2) is 39.5 Å². The normalized spacial score (nSPS) is 19.7. The highest BCUT2D eigenvalue weighted by molar-refractivity contribution is 5.92. The third-order valence-corrected chi connectivity index (χ3v) is 6.67. The van der Waals surface area contributed by atoms with E-state index in [2.05, 4.69) is 80.4 Å². The molecule has 3 aromatic rings. The summed E-state index contributed by atoms with van der Waals surface area (Å²) in [6.07, 6.45) is 5.93. The van der Waals surface area contributed by atoms with Gasteiger partial charge in [0.2, 0.25) is 0 Å². The lowest BCUT2D eigenvalue weighted by atomic mass is 9.92. The van der Waals surface area contributed by atoms with Crippen LogP contribution in [0.2, 0.25) is 0 Å². The zero-order valence-corrected chi connectivity index (χ0v) is 17.9. The van der Waals surface area contributed by atoms with Gasteiger partial charge in [-0.1, -0.05) is 60.7 Å². The van der Waals surface area contributed by atoms with Crippen LogP contribution in [0, 0.1) is 0 Å². The van der Waals surface area contributed by atoms with Crippen molar-refractivity contribution in [1.82, 2.24) is 19.8 Å². The van der Waals surface area contributed by atoms with Crippen molar-refractivity contribution in [2.24, 2.45) is 0 Å². The summed E-state index contributed by atoms with van der Waals surface area (Å²) in [5, 5.41) is 3.23. The standard InChI is InChI=1S/C26H30N4O/c31-26(27-23-13-15-29(16-14-23)17-20-7-3-1-4-8-20)24-19-30-18-22(11-12-25(30)28-24)21-9-5-2-6-10-21/h1-10,19,22-23H,11-18H2,(H,27,31)/t22-/m1/s1. The topological polar surface area (TPSA) is 50.2 Å².